The summed E-state index contributed by atoms with van der Waals surface area (Å²) in [5.41, 5.74) is 12.2. The number of benzene rings is 2. The topological polar surface area (TPSA) is 73.4 Å². The maximum Gasteiger partial charge on any atom is 0.241 e. The van der Waals surface area contributed by atoms with E-state index < -0.39 is 6.04 Å². The van der Waals surface area contributed by atoms with Gasteiger partial charge >= 0.3 is 0 Å². The first kappa shape index (κ1) is 20.8. The number of hydrogen-bond donors (Lipinski definition) is 1. The molecular formula is C23H28N4O2. The molecule has 3 aromatic rings. The van der Waals surface area contributed by atoms with Crippen molar-refractivity contribution in [2.24, 2.45) is 5.73 Å². The van der Waals surface area contributed by atoms with Crippen molar-refractivity contribution in [2.45, 2.75) is 26.4 Å². The van der Waals surface area contributed by atoms with Gasteiger partial charge in [-0.1, -0.05) is 30.3 Å². The van der Waals surface area contributed by atoms with E-state index in [1.807, 2.05) is 41.2 Å². The number of aryl methyl sites for hydroxylation is 2. The van der Waals surface area contributed by atoms with Crippen molar-refractivity contribution in [1.82, 2.24) is 14.7 Å². The first-order valence-electron chi connectivity index (χ1n) is 9.61. The molecule has 0 aliphatic carbocycles. The number of nitrogens with two attached hydrogens (primary N) is 1. The number of rotatable bonds is 7. The highest BCUT2D eigenvalue weighted by molar-refractivity contribution is 5.81. The van der Waals surface area contributed by atoms with Gasteiger partial charge in [-0.25, -0.2) is 4.68 Å². The molecule has 0 aliphatic rings. The van der Waals surface area contributed by atoms with Crippen LogP contribution in [0.2, 0.25) is 0 Å². The Morgan fingerprint density at radius 3 is 2.55 bits per heavy atom. The van der Waals surface area contributed by atoms with Crippen molar-refractivity contribution in [3.8, 4) is 16.9 Å². The van der Waals surface area contributed by atoms with Gasteiger partial charge in [0.2, 0.25) is 5.91 Å². The fourth-order valence-corrected chi connectivity index (χ4v) is 3.24. The molecule has 2 aromatic carbocycles. The van der Waals surface area contributed by atoms with Crippen LogP contribution in [0, 0.1) is 13.8 Å². The van der Waals surface area contributed by atoms with Gasteiger partial charge < -0.3 is 15.4 Å². The maximum absolute atomic E-state index is 12.6. The second-order valence-corrected chi connectivity index (χ2v) is 7.34. The van der Waals surface area contributed by atoms with Crippen molar-refractivity contribution in [3.63, 3.8) is 0 Å². The third-order valence-corrected chi connectivity index (χ3v) is 5.04. The molecule has 29 heavy (non-hydrogen) atoms. The summed E-state index contributed by atoms with van der Waals surface area (Å²) in [6.07, 6.45) is 1.98. The molecule has 1 aromatic heterocycles. The summed E-state index contributed by atoms with van der Waals surface area (Å²) in [6, 6.07) is 15.6. The third kappa shape index (κ3) is 4.72. The Morgan fingerprint density at radius 1 is 1.17 bits per heavy atom. The van der Waals surface area contributed by atoms with Crippen molar-refractivity contribution in [3.05, 3.63) is 71.4 Å². The lowest BCUT2D eigenvalue weighted by Crippen LogP contribution is -2.44. The van der Waals surface area contributed by atoms with E-state index in [1.54, 1.807) is 11.9 Å². The SMILES string of the molecule is COCC(N)C(=O)N(C)Cc1cn(-c2ccccc2)nc1-c1ccc(C)c(C)c1. The van der Waals surface area contributed by atoms with E-state index in [0.29, 0.717) is 6.54 Å². The number of ether oxygens (including phenoxy) is 1. The van der Waals surface area contributed by atoms with Gasteiger partial charge in [0.15, 0.2) is 0 Å². The number of nitrogens with zero attached hydrogens (tertiary/aromatic N) is 3. The first-order chi connectivity index (χ1) is 13.9. The summed E-state index contributed by atoms with van der Waals surface area (Å²) in [5.74, 6) is -0.162. The molecular weight excluding hydrogens is 364 g/mol. The van der Waals surface area contributed by atoms with E-state index in [2.05, 4.69) is 32.0 Å². The number of carbonyl (C=O) groups is 1. The van der Waals surface area contributed by atoms with Gasteiger partial charge in [0, 0.05) is 38.0 Å². The number of para-hydroxylation sites is 1. The highest BCUT2D eigenvalue weighted by atomic mass is 16.5. The number of aromatic nitrogens is 2. The maximum atomic E-state index is 12.6. The predicted octanol–water partition coefficient (Wildman–Crippen LogP) is 3.09. The van der Waals surface area contributed by atoms with Crippen LogP contribution in [-0.4, -0.2) is 47.4 Å². The Bertz CT molecular complexity index is 982. The minimum atomic E-state index is -0.681. The van der Waals surface area contributed by atoms with E-state index in [-0.39, 0.29) is 12.5 Å². The van der Waals surface area contributed by atoms with Crippen LogP contribution in [0.25, 0.3) is 16.9 Å². The average Bonchev–Trinajstić information content (AvgIpc) is 3.14. The lowest BCUT2D eigenvalue weighted by atomic mass is 10.0. The van der Waals surface area contributed by atoms with Crippen LogP contribution in [0.15, 0.2) is 54.7 Å². The van der Waals surface area contributed by atoms with Crippen LogP contribution in [0.1, 0.15) is 16.7 Å². The summed E-state index contributed by atoms with van der Waals surface area (Å²) < 4.78 is 6.87. The van der Waals surface area contributed by atoms with Crippen LogP contribution in [0.3, 0.4) is 0 Å². The molecule has 0 bridgehead atoms. The Morgan fingerprint density at radius 2 is 1.90 bits per heavy atom. The number of hydrogen-bond acceptors (Lipinski definition) is 4. The van der Waals surface area contributed by atoms with Gasteiger partial charge in [-0.05, 0) is 43.2 Å². The third-order valence-electron chi connectivity index (χ3n) is 5.04. The van der Waals surface area contributed by atoms with Gasteiger partial charge in [0.25, 0.3) is 0 Å². The molecule has 152 valence electrons. The van der Waals surface area contributed by atoms with E-state index in [1.165, 1.54) is 18.2 Å². The molecule has 1 unspecified atom stereocenters. The van der Waals surface area contributed by atoms with Gasteiger partial charge in [-0.2, -0.15) is 5.10 Å². The second kappa shape index (κ2) is 9.03. The van der Waals surface area contributed by atoms with Crippen molar-refractivity contribution in [1.29, 1.82) is 0 Å². The number of carbonyl (C=O) groups excluding carboxylic acids is 1. The Labute approximate surface area is 171 Å². The fourth-order valence-electron chi connectivity index (χ4n) is 3.24. The summed E-state index contributed by atoms with van der Waals surface area (Å²) in [6.45, 7) is 4.78. The summed E-state index contributed by atoms with van der Waals surface area (Å²) >= 11 is 0. The average molecular weight is 393 g/mol. The Balaban J connectivity index is 1.98. The molecule has 1 amide bonds. The van der Waals surface area contributed by atoms with Gasteiger partial charge in [-0.15, -0.1) is 0 Å². The minimum absolute atomic E-state index is 0.162. The number of methoxy groups -OCH3 is 1. The monoisotopic (exact) mass is 392 g/mol. The summed E-state index contributed by atoms with van der Waals surface area (Å²) in [4.78, 5) is 14.2. The predicted molar refractivity (Wildman–Crippen MR) is 115 cm³/mol. The largest absolute Gasteiger partial charge is 0.383 e. The molecule has 1 heterocycles. The second-order valence-electron chi connectivity index (χ2n) is 7.34. The summed E-state index contributed by atoms with van der Waals surface area (Å²) in [5, 5.41) is 4.84. The molecule has 1 atom stereocenters. The molecule has 0 fully saturated rings. The molecule has 0 aliphatic heterocycles. The molecule has 0 spiro atoms. The lowest BCUT2D eigenvalue weighted by Gasteiger charge is -2.21. The van der Waals surface area contributed by atoms with Crippen LogP contribution in [0.5, 0.6) is 0 Å². The van der Waals surface area contributed by atoms with E-state index in [9.17, 15) is 4.79 Å². The number of likely N-dealkylation sites (N-methyl/N-ethyl adjacent to an activating group) is 1. The molecule has 6 heteroatoms. The van der Waals surface area contributed by atoms with E-state index in [4.69, 9.17) is 15.6 Å². The highest BCUT2D eigenvalue weighted by Crippen LogP contribution is 2.26. The van der Waals surface area contributed by atoms with E-state index in [0.717, 1.165) is 22.5 Å². The van der Waals surface area contributed by atoms with Crippen molar-refractivity contribution < 1.29 is 9.53 Å². The smallest absolute Gasteiger partial charge is 0.241 e. The van der Waals surface area contributed by atoms with Gasteiger partial charge in [-0.3, -0.25) is 4.79 Å². The van der Waals surface area contributed by atoms with Gasteiger partial charge in [0.05, 0.1) is 18.0 Å². The van der Waals surface area contributed by atoms with Crippen LogP contribution in [-0.2, 0) is 16.1 Å². The quantitative estimate of drug-likeness (QED) is 0.671. The van der Waals surface area contributed by atoms with Crippen molar-refractivity contribution in [2.75, 3.05) is 20.8 Å². The fraction of sp³-hybridized carbons (Fsp3) is 0.304. The normalized spacial score (nSPS) is 12.0. The molecule has 0 saturated carbocycles. The highest BCUT2D eigenvalue weighted by Gasteiger charge is 2.21. The van der Waals surface area contributed by atoms with E-state index >= 15 is 0 Å². The Kier molecular flexibility index (Phi) is 6.46. The van der Waals surface area contributed by atoms with Crippen LogP contribution in [0.4, 0.5) is 0 Å². The zero-order chi connectivity index (χ0) is 21.0. The number of amides is 1. The van der Waals surface area contributed by atoms with Crippen LogP contribution >= 0.6 is 0 Å². The Hall–Kier alpha value is -2.96. The zero-order valence-electron chi connectivity index (χ0n) is 17.4. The van der Waals surface area contributed by atoms with Crippen molar-refractivity contribution >= 4 is 5.91 Å². The zero-order valence-corrected chi connectivity index (χ0v) is 17.4. The molecule has 0 radical (unpaired) electrons. The summed E-state index contributed by atoms with van der Waals surface area (Å²) in [7, 11) is 3.29. The van der Waals surface area contributed by atoms with Crippen LogP contribution < -0.4 is 5.73 Å². The molecule has 2 N–H and O–H groups in total. The molecule has 3 rings (SSSR count). The molecule has 6 nitrogen and oxygen atoms in total. The lowest BCUT2D eigenvalue weighted by molar-refractivity contribution is -0.132. The standard InChI is InChI=1S/C23H28N4O2/c1-16-10-11-18(12-17(16)2)22-19(13-26(3)23(28)21(24)15-29-4)14-27(25-22)20-8-6-5-7-9-20/h5-12,14,21H,13,15,24H2,1-4H3. The minimum Gasteiger partial charge on any atom is -0.383 e. The molecule has 0 saturated heterocycles. The first-order valence-corrected chi connectivity index (χ1v) is 9.61. The van der Waals surface area contributed by atoms with Gasteiger partial charge in [0.1, 0.15) is 6.04 Å².